The summed E-state index contributed by atoms with van der Waals surface area (Å²) in [6, 6.07) is 10.1. The van der Waals surface area contributed by atoms with Crippen molar-refractivity contribution in [3.63, 3.8) is 0 Å². The molecule has 4 nitrogen and oxygen atoms in total. The predicted octanol–water partition coefficient (Wildman–Crippen LogP) is 2.08. The van der Waals surface area contributed by atoms with Gasteiger partial charge in [0.15, 0.2) is 11.9 Å². The number of carbonyl (C=O) groups excluding carboxylic acids is 1. The number of hydrogen-bond donors (Lipinski definition) is 1. The fourth-order valence-corrected chi connectivity index (χ4v) is 3.87. The lowest BCUT2D eigenvalue weighted by molar-refractivity contribution is -0.130. The molecule has 4 atom stereocenters. The summed E-state index contributed by atoms with van der Waals surface area (Å²) in [7, 11) is 0. The Bertz CT molecular complexity index is 569. The van der Waals surface area contributed by atoms with E-state index in [0.29, 0.717) is 18.4 Å². The summed E-state index contributed by atoms with van der Waals surface area (Å²) >= 11 is 0. The van der Waals surface area contributed by atoms with Crippen LogP contribution in [0.1, 0.15) is 31.2 Å². The third-order valence-corrected chi connectivity index (χ3v) is 4.90. The monoisotopic (exact) mass is 284 g/mol. The first-order valence-corrected chi connectivity index (χ1v) is 7.89. The number of carbonyl (C=O) groups is 1. The summed E-state index contributed by atoms with van der Waals surface area (Å²) in [4.78, 5) is 16.8. The zero-order valence-corrected chi connectivity index (χ0v) is 12.0. The van der Waals surface area contributed by atoms with Gasteiger partial charge in [0.05, 0.1) is 0 Å². The summed E-state index contributed by atoms with van der Waals surface area (Å²) in [5.74, 6) is 1.20. The number of ether oxygens (including phenoxy) is 1. The molecule has 1 aromatic rings. The van der Waals surface area contributed by atoms with Crippen LogP contribution in [0.2, 0.25) is 0 Å². The molecule has 2 heterocycles. The zero-order chi connectivity index (χ0) is 14.2. The molecule has 0 bridgehead atoms. The molecule has 110 valence electrons. The van der Waals surface area contributed by atoms with Crippen molar-refractivity contribution in [1.82, 2.24) is 5.32 Å². The van der Waals surface area contributed by atoms with Crippen LogP contribution in [0.15, 0.2) is 35.3 Å². The van der Waals surface area contributed by atoms with Crippen LogP contribution in [0.3, 0.4) is 0 Å². The lowest BCUT2D eigenvalue weighted by Crippen LogP contribution is -2.59. The second-order valence-corrected chi connectivity index (χ2v) is 6.28. The molecular formula is C17H20N2O2. The Labute approximate surface area is 124 Å². The summed E-state index contributed by atoms with van der Waals surface area (Å²) in [6.45, 7) is 0. The number of hydrogen-bond acceptors (Lipinski definition) is 3. The number of fused-ring (bicyclic) bond motifs is 3. The molecule has 4 unspecified atom stereocenters. The third-order valence-electron chi connectivity index (χ3n) is 4.90. The highest BCUT2D eigenvalue weighted by atomic mass is 16.5. The van der Waals surface area contributed by atoms with Crippen molar-refractivity contribution >= 4 is 11.8 Å². The lowest BCUT2D eigenvalue weighted by atomic mass is 9.76. The number of nitrogens with zero attached hydrogens (tertiary/aromatic N) is 1. The van der Waals surface area contributed by atoms with Gasteiger partial charge in [-0.2, -0.15) is 0 Å². The molecule has 1 saturated carbocycles. The minimum atomic E-state index is -0.330. The van der Waals surface area contributed by atoms with Crippen molar-refractivity contribution in [2.75, 3.05) is 0 Å². The Kier molecular flexibility index (Phi) is 3.17. The maximum absolute atomic E-state index is 12.2. The molecule has 0 radical (unpaired) electrons. The number of nitrogens with one attached hydrogen (secondary N) is 1. The van der Waals surface area contributed by atoms with E-state index in [0.717, 1.165) is 18.7 Å². The average molecular weight is 284 g/mol. The first-order valence-electron chi connectivity index (χ1n) is 7.89. The van der Waals surface area contributed by atoms with Crippen molar-refractivity contribution < 1.29 is 9.53 Å². The van der Waals surface area contributed by atoms with Crippen LogP contribution in [0.4, 0.5) is 0 Å². The second kappa shape index (κ2) is 5.17. The molecule has 4 rings (SSSR count). The molecular weight excluding hydrogens is 264 g/mol. The third kappa shape index (κ3) is 2.33. The van der Waals surface area contributed by atoms with Gasteiger partial charge in [0.25, 0.3) is 0 Å². The summed E-state index contributed by atoms with van der Waals surface area (Å²) in [5, 5.41) is 3.15. The quantitative estimate of drug-likeness (QED) is 0.904. The van der Waals surface area contributed by atoms with E-state index in [9.17, 15) is 4.79 Å². The molecule has 1 saturated heterocycles. The maximum Gasteiger partial charge on any atom is 0.249 e. The van der Waals surface area contributed by atoms with Crippen LogP contribution in [-0.2, 0) is 16.0 Å². The molecule has 2 aliphatic heterocycles. The largest absolute Gasteiger partial charge is 0.474 e. The van der Waals surface area contributed by atoms with E-state index in [1.165, 1.54) is 18.4 Å². The highest BCUT2D eigenvalue weighted by Gasteiger charge is 2.49. The SMILES string of the molecule is O=C1NC2CCCCC2C2OC(Cc3ccccc3)=NC12. The number of aliphatic imine (C=N–C) groups is 1. The van der Waals surface area contributed by atoms with Gasteiger partial charge < -0.3 is 10.1 Å². The minimum Gasteiger partial charge on any atom is -0.474 e. The Hall–Kier alpha value is -1.84. The first kappa shape index (κ1) is 12.9. The van der Waals surface area contributed by atoms with Crippen LogP contribution in [-0.4, -0.2) is 30.0 Å². The first-order chi connectivity index (χ1) is 10.3. The molecule has 0 spiro atoms. The number of rotatable bonds is 2. The minimum absolute atomic E-state index is 0.0391. The predicted molar refractivity (Wildman–Crippen MR) is 80.1 cm³/mol. The van der Waals surface area contributed by atoms with Crippen molar-refractivity contribution in [3.8, 4) is 0 Å². The number of amides is 1. The molecule has 2 fully saturated rings. The van der Waals surface area contributed by atoms with E-state index in [4.69, 9.17) is 4.74 Å². The summed E-state index contributed by atoms with van der Waals surface area (Å²) in [6.07, 6.45) is 5.30. The summed E-state index contributed by atoms with van der Waals surface area (Å²) < 4.78 is 6.10. The van der Waals surface area contributed by atoms with Crippen molar-refractivity contribution in [3.05, 3.63) is 35.9 Å². The fourth-order valence-electron chi connectivity index (χ4n) is 3.87. The molecule has 0 aromatic heterocycles. The Balaban J connectivity index is 1.53. The van der Waals surface area contributed by atoms with E-state index in [-0.39, 0.29) is 18.1 Å². The van der Waals surface area contributed by atoms with Crippen LogP contribution in [0.5, 0.6) is 0 Å². The van der Waals surface area contributed by atoms with Gasteiger partial charge in [0, 0.05) is 18.4 Å². The Morgan fingerprint density at radius 2 is 2.00 bits per heavy atom. The van der Waals surface area contributed by atoms with Gasteiger partial charge >= 0.3 is 0 Å². The van der Waals surface area contributed by atoms with Gasteiger partial charge in [-0.05, 0) is 18.4 Å². The van der Waals surface area contributed by atoms with E-state index < -0.39 is 0 Å². The molecule has 1 N–H and O–H groups in total. The van der Waals surface area contributed by atoms with Crippen molar-refractivity contribution in [1.29, 1.82) is 0 Å². The Morgan fingerprint density at radius 1 is 1.19 bits per heavy atom. The smallest absolute Gasteiger partial charge is 0.249 e. The van der Waals surface area contributed by atoms with Gasteiger partial charge in [0.2, 0.25) is 5.91 Å². The van der Waals surface area contributed by atoms with Crippen LogP contribution >= 0.6 is 0 Å². The zero-order valence-electron chi connectivity index (χ0n) is 12.0. The topological polar surface area (TPSA) is 50.7 Å². The highest BCUT2D eigenvalue weighted by molar-refractivity contribution is 5.91. The number of benzene rings is 1. The van der Waals surface area contributed by atoms with Gasteiger partial charge in [-0.3, -0.25) is 4.79 Å². The standard InChI is InChI=1S/C17H20N2O2/c20-17-15-16(12-8-4-5-9-13(12)18-17)21-14(19-15)10-11-6-2-1-3-7-11/h1-3,6-7,12-13,15-16H,4-5,8-10H2,(H,18,20). The average Bonchev–Trinajstić information content (AvgIpc) is 2.93. The van der Waals surface area contributed by atoms with Crippen LogP contribution < -0.4 is 5.32 Å². The molecule has 21 heavy (non-hydrogen) atoms. The Morgan fingerprint density at radius 3 is 2.86 bits per heavy atom. The van der Waals surface area contributed by atoms with Crippen LogP contribution in [0.25, 0.3) is 0 Å². The van der Waals surface area contributed by atoms with E-state index >= 15 is 0 Å². The van der Waals surface area contributed by atoms with Gasteiger partial charge in [0.1, 0.15) is 6.10 Å². The molecule has 3 aliphatic rings. The molecule has 4 heteroatoms. The number of piperidine rings is 1. The van der Waals surface area contributed by atoms with Crippen LogP contribution in [0, 0.1) is 5.92 Å². The van der Waals surface area contributed by atoms with E-state index in [1.807, 2.05) is 18.2 Å². The van der Waals surface area contributed by atoms with Gasteiger partial charge in [-0.25, -0.2) is 4.99 Å². The second-order valence-electron chi connectivity index (χ2n) is 6.28. The van der Waals surface area contributed by atoms with Crippen molar-refractivity contribution in [2.24, 2.45) is 10.9 Å². The van der Waals surface area contributed by atoms with Gasteiger partial charge in [-0.15, -0.1) is 0 Å². The lowest BCUT2D eigenvalue weighted by Gasteiger charge is -2.41. The van der Waals surface area contributed by atoms with Gasteiger partial charge in [-0.1, -0.05) is 43.2 Å². The fraction of sp³-hybridized carbons (Fsp3) is 0.529. The maximum atomic E-state index is 12.2. The molecule has 1 amide bonds. The van der Waals surface area contributed by atoms with E-state index in [1.54, 1.807) is 0 Å². The molecule has 1 aliphatic carbocycles. The highest BCUT2D eigenvalue weighted by Crippen LogP contribution is 2.36. The normalized spacial score (nSPS) is 34.3. The van der Waals surface area contributed by atoms with Crippen molar-refractivity contribution in [2.45, 2.75) is 50.3 Å². The van der Waals surface area contributed by atoms with E-state index in [2.05, 4.69) is 22.4 Å². The molecule has 1 aromatic carbocycles. The summed E-state index contributed by atoms with van der Waals surface area (Å²) in [5.41, 5.74) is 1.18.